The predicted molar refractivity (Wildman–Crippen MR) is 103 cm³/mol. The highest BCUT2D eigenvalue weighted by Crippen LogP contribution is 2.23. The van der Waals surface area contributed by atoms with E-state index in [1.54, 1.807) is 11.1 Å². The van der Waals surface area contributed by atoms with Crippen molar-refractivity contribution in [2.75, 3.05) is 23.7 Å². The number of aryl methyl sites for hydroxylation is 1. The SMILES string of the molecule is Cc1cccc(Nc2ncnc3cnc(NC4CCN(C#N)CC4)nc23)c1. The summed E-state index contributed by atoms with van der Waals surface area (Å²) >= 11 is 0. The largest absolute Gasteiger partial charge is 0.351 e. The van der Waals surface area contributed by atoms with Crippen LogP contribution >= 0.6 is 0 Å². The van der Waals surface area contributed by atoms with Crippen LogP contribution in [-0.4, -0.2) is 44.0 Å². The lowest BCUT2D eigenvalue weighted by Crippen LogP contribution is -2.36. The standard InChI is InChI=1S/C19H20N8/c1-13-3-2-4-15(9-13)24-18-17-16(22-12-23-18)10-21-19(26-17)25-14-5-7-27(11-20)8-6-14/h2-4,9-10,12,14H,5-8H2,1H3,(H,21,25,26)(H,22,23,24). The van der Waals surface area contributed by atoms with Crippen molar-refractivity contribution in [3.05, 3.63) is 42.4 Å². The molecule has 0 aliphatic carbocycles. The molecule has 3 heterocycles. The number of hydrogen-bond donors (Lipinski definition) is 2. The zero-order valence-electron chi connectivity index (χ0n) is 15.1. The third-order valence-electron chi connectivity index (χ3n) is 4.63. The van der Waals surface area contributed by atoms with E-state index < -0.39 is 0 Å². The van der Waals surface area contributed by atoms with E-state index in [0.717, 1.165) is 31.6 Å². The smallest absolute Gasteiger partial charge is 0.223 e. The van der Waals surface area contributed by atoms with Gasteiger partial charge >= 0.3 is 0 Å². The molecular weight excluding hydrogens is 340 g/mol. The second-order valence-electron chi connectivity index (χ2n) is 6.65. The molecule has 1 aliphatic rings. The summed E-state index contributed by atoms with van der Waals surface area (Å²) in [5.74, 6) is 1.20. The fourth-order valence-corrected chi connectivity index (χ4v) is 3.18. The Hall–Kier alpha value is -3.47. The lowest BCUT2D eigenvalue weighted by molar-refractivity contribution is 0.305. The Labute approximate surface area is 157 Å². The van der Waals surface area contributed by atoms with Crippen molar-refractivity contribution in [3.63, 3.8) is 0 Å². The number of piperidine rings is 1. The Morgan fingerprint density at radius 3 is 2.81 bits per heavy atom. The van der Waals surface area contributed by atoms with Gasteiger partial charge in [0.1, 0.15) is 17.4 Å². The van der Waals surface area contributed by atoms with Crippen molar-refractivity contribution < 1.29 is 0 Å². The topological polar surface area (TPSA) is 103 Å². The average Bonchev–Trinajstić information content (AvgIpc) is 2.69. The molecule has 1 fully saturated rings. The first-order chi connectivity index (χ1) is 13.2. The minimum Gasteiger partial charge on any atom is -0.351 e. The zero-order chi connectivity index (χ0) is 18.6. The molecule has 1 aromatic carbocycles. The molecule has 2 aromatic heterocycles. The van der Waals surface area contributed by atoms with E-state index in [0.29, 0.717) is 22.8 Å². The fourth-order valence-electron chi connectivity index (χ4n) is 3.18. The number of anilines is 3. The van der Waals surface area contributed by atoms with E-state index in [1.807, 2.05) is 25.1 Å². The maximum absolute atomic E-state index is 8.96. The first-order valence-corrected chi connectivity index (χ1v) is 8.94. The van der Waals surface area contributed by atoms with Gasteiger partial charge in [0.05, 0.1) is 6.20 Å². The van der Waals surface area contributed by atoms with Gasteiger partial charge in [-0.1, -0.05) is 12.1 Å². The molecule has 0 atom stereocenters. The molecule has 1 aliphatic heterocycles. The van der Waals surface area contributed by atoms with Crippen LogP contribution in [0.4, 0.5) is 17.5 Å². The van der Waals surface area contributed by atoms with Crippen molar-refractivity contribution in [2.24, 2.45) is 0 Å². The van der Waals surface area contributed by atoms with Gasteiger partial charge in [0.25, 0.3) is 0 Å². The minimum absolute atomic E-state index is 0.255. The van der Waals surface area contributed by atoms with E-state index in [2.05, 4.69) is 42.8 Å². The van der Waals surface area contributed by atoms with Crippen molar-refractivity contribution in [1.82, 2.24) is 24.8 Å². The molecule has 27 heavy (non-hydrogen) atoms. The summed E-state index contributed by atoms with van der Waals surface area (Å²) in [5, 5.41) is 15.7. The van der Waals surface area contributed by atoms with Crippen LogP contribution in [0.3, 0.4) is 0 Å². The molecule has 3 aromatic rings. The Morgan fingerprint density at radius 1 is 1.19 bits per heavy atom. The van der Waals surface area contributed by atoms with Crippen LogP contribution in [0, 0.1) is 18.4 Å². The summed E-state index contributed by atoms with van der Waals surface area (Å²) in [6.45, 7) is 3.56. The molecule has 136 valence electrons. The Morgan fingerprint density at radius 2 is 2.04 bits per heavy atom. The first-order valence-electron chi connectivity index (χ1n) is 8.94. The average molecular weight is 360 g/mol. The Kier molecular flexibility index (Phi) is 4.66. The minimum atomic E-state index is 0.255. The van der Waals surface area contributed by atoms with Crippen molar-refractivity contribution in [3.8, 4) is 6.19 Å². The van der Waals surface area contributed by atoms with E-state index in [9.17, 15) is 0 Å². The highest BCUT2D eigenvalue weighted by atomic mass is 15.2. The molecule has 0 spiro atoms. The van der Waals surface area contributed by atoms with Crippen LogP contribution < -0.4 is 10.6 Å². The molecular formula is C19H20N8. The molecule has 4 rings (SSSR count). The number of rotatable bonds is 4. The third kappa shape index (κ3) is 3.87. The van der Waals surface area contributed by atoms with Gasteiger partial charge in [0.15, 0.2) is 12.0 Å². The molecule has 1 saturated heterocycles. The third-order valence-corrected chi connectivity index (χ3v) is 4.63. The van der Waals surface area contributed by atoms with Crippen LogP contribution in [-0.2, 0) is 0 Å². The van der Waals surface area contributed by atoms with Gasteiger partial charge in [-0.05, 0) is 37.5 Å². The van der Waals surface area contributed by atoms with Crippen LogP contribution in [0.5, 0.6) is 0 Å². The van der Waals surface area contributed by atoms with Crippen molar-refractivity contribution >= 4 is 28.5 Å². The van der Waals surface area contributed by atoms with Crippen LogP contribution in [0.25, 0.3) is 11.0 Å². The number of nitriles is 1. The first kappa shape index (κ1) is 17.0. The number of aromatic nitrogens is 4. The molecule has 0 amide bonds. The van der Waals surface area contributed by atoms with Crippen molar-refractivity contribution in [2.45, 2.75) is 25.8 Å². The molecule has 0 saturated carbocycles. The van der Waals surface area contributed by atoms with Crippen molar-refractivity contribution in [1.29, 1.82) is 5.26 Å². The number of likely N-dealkylation sites (tertiary alicyclic amines) is 1. The quantitative estimate of drug-likeness (QED) is 0.685. The highest BCUT2D eigenvalue weighted by Gasteiger charge is 2.19. The summed E-state index contributed by atoms with van der Waals surface area (Å²) in [4.78, 5) is 19.4. The van der Waals surface area contributed by atoms with Crippen LogP contribution in [0.2, 0.25) is 0 Å². The summed E-state index contributed by atoms with van der Waals surface area (Å²) in [7, 11) is 0. The van der Waals surface area contributed by atoms with E-state index in [4.69, 9.17) is 5.26 Å². The molecule has 0 radical (unpaired) electrons. The highest BCUT2D eigenvalue weighted by molar-refractivity contribution is 5.87. The van der Waals surface area contributed by atoms with Gasteiger partial charge in [-0.25, -0.2) is 19.9 Å². The second kappa shape index (κ2) is 7.41. The fraction of sp³-hybridized carbons (Fsp3) is 0.316. The Bertz CT molecular complexity index is 988. The van der Waals surface area contributed by atoms with Gasteiger partial charge in [-0.15, -0.1) is 0 Å². The molecule has 8 nitrogen and oxygen atoms in total. The maximum Gasteiger partial charge on any atom is 0.223 e. The van der Waals surface area contributed by atoms with Gasteiger partial charge in [0, 0.05) is 24.8 Å². The molecule has 0 bridgehead atoms. The zero-order valence-corrected chi connectivity index (χ0v) is 15.1. The number of nitrogens with one attached hydrogen (secondary N) is 2. The number of fused-ring (bicyclic) bond motifs is 1. The van der Waals surface area contributed by atoms with Gasteiger partial charge < -0.3 is 15.5 Å². The molecule has 2 N–H and O–H groups in total. The number of hydrogen-bond acceptors (Lipinski definition) is 8. The lowest BCUT2D eigenvalue weighted by atomic mass is 10.1. The molecule has 0 unspecified atom stereocenters. The summed E-state index contributed by atoms with van der Waals surface area (Å²) in [6, 6.07) is 8.34. The summed E-state index contributed by atoms with van der Waals surface area (Å²) < 4.78 is 0. The number of benzene rings is 1. The van der Waals surface area contributed by atoms with Crippen LogP contribution in [0.1, 0.15) is 18.4 Å². The second-order valence-corrected chi connectivity index (χ2v) is 6.65. The van der Waals surface area contributed by atoms with Gasteiger partial charge in [-0.3, -0.25) is 0 Å². The normalized spacial score (nSPS) is 14.7. The summed E-state index contributed by atoms with van der Waals surface area (Å²) in [5.41, 5.74) is 3.47. The number of nitrogens with zero attached hydrogens (tertiary/aromatic N) is 6. The van der Waals surface area contributed by atoms with E-state index in [-0.39, 0.29) is 6.04 Å². The molecule has 8 heteroatoms. The van der Waals surface area contributed by atoms with Gasteiger partial charge in [-0.2, -0.15) is 5.26 Å². The maximum atomic E-state index is 8.96. The van der Waals surface area contributed by atoms with Crippen LogP contribution in [0.15, 0.2) is 36.8 Å². The van der Waals surface area contributed by atoms with E-state index in [1.165, 1.54) is 11.9 Å². The van der Waals surface area contributed by atoms with E-state index >= 15 is 0 Å². The summed E-state index contributed by atoms with van der Waals surface area (Å²) in [6.07, 6.45) is 7.18. The Balaban J connectivity index is 1.57. The predicted octanol–water partition coefficient (Wildman–Crippen LogP) is 2.83. The lowest BCUT2D eigenvalue weighted by Gasteiger charge is -2.28. The van der Waals surface area contributed by atoms with Gasteiger partial charge in [0.2, 0.25) is 5.95 Å². The monoisotopic (exact) mass is 360 g/mol.